The highest BCUT2D eigenvalue weighted by Crippen LogP contribution is 2.21. The molecule has 1 N–H and O–H groups in total. The summed E-state index contributed by atoms with van der Waals surface area (Å²) >= 11 is 0. The molecule has 3 rings (SSSR count). The van der Waals surface area contributed by atoms with Crippen molar-refractivity contribution in [3.8, 4) is 0 Å². The lowest BCUT2D eigenvalue weighted by atomic mass is 9.99. The van der Waals surface area contributed by atoms with E-state index in [1.165, 1.54) is 11.1 Å². The van der Waals surface area contributed by atoms with Crippen LogP contribution in [-0.2, 0) is 17.8 Å². The molecule has 22 heavy (non-hydrogen) atoms. The summed E-state index contributed by atoms with van der Waals surface area (Å²) in [4.78, 5) is 14.7. The van der Waals surface area contributed by atoms with Gasteiger partial charge >= 0.3 is 0 Å². The molecule has 1 aliphatic rings. The number of anilines is 1. The van der Waals surface area contributed by atoms with Crippen molar-refractivity contribution in [2.45, 2.75) is 32.9 Å². The van der Waals surface area contributed by atoms with Crippen molar-refractivity contribution < 1.29 is 4.79 Å². The first-order valence-corrected chi connectivity index (χ1v) is 7.82. The van der Waals surface area contributed by atoms with E-state index in [-0.39, 0.29) is 11.9 Å². The number of nitrogens with one attached hydrogen (secondary N) is 1. The third-order valence-electron chi connectivity index (χ3n) is 4.37. The van der Waals surface area contributed by atoms with Gasteiger partial charge in [0.1, 0.15) is 0 Å². The molecule has 0 spiro atoms. The third kappa shape index (κ3) is 3.20. The van der Waals surface area contributed by atoms with Gasteiger partial charge in [0.25, 0.3) is 0 Å². The minimum atomic E-state index is -0.131. The van der Waals surface area contributed by atoms with Crippen LogP contribution in [0.5, 0.6) is 0 Å². The molecule has 0 bridgehead atoms. The van der Waals surface area contributed by atoms with Gasteiger partial charge < -0.3 is 5.32 Å². The van der Waals surface area contributed by atoms with E-state index in [1.807, 2.05) is 38.1 Å². The second-order valence-electron chi connectivity index (χ2n) is 6.02. The Labute approximate surface area is 132 Å². The van der Waals surface area contributed by atoms with E-state index in [0.717, 1.165) is 30.8 Å². The standard InChI is InChI=1S/C19H22N2O/c1-14-6-5-9-18(12-14)20-19(22)15(2)21-11-10-16-7-3-4-8-17(16)13-21/h3-9,12,15H,10-11,13H2,1-2H3,(H,20,22). The van der Waals surface area contributed by atoms with E-state index >= 15 is 0 Å². The third-order valence-corrected chi connectivity index (χ3v) is 4.37. The fourth-order valence-corrected chi connectivity index (χ4v) is 2.98. The Morgan fingerprint density at radius 1 is 1.14 bits per heavy atom. The van der Waals surface area contributed by atoms with Crippen LogP contribution in [0.1, 0.15) is 23.6 Å². The lowest BCUT2D eigenvalue weighted by Gasteiger charge is -2.32. The first-order valence-electron chi connectivity index (χ1n) is 7.82. The van der Waals surface area contributed by atoms with Crippen molar-refractivity contribution in [1.29, 1.82) is 0 Å². The molecule has 2 aromatic rings. The maximum absolute atomic E-state index is 12.5. The van der Waals surface area contributed by atoms with Gasteiger partial charge in [-0.15, -0.1) is 0 Å². The lowest BCUT2D eigenvalue weighted by Crippen LogP contribution is -2.44. The smallest absolute Gasteiger partial charge is 0.241 e. The maximum Gasteiger partial charge on any atom is 0.241 e. The number of carbonyl (C=O) groups is 1. The molecule has 0 saturated heterocycles. The number of amides is 1. The topological polar surface area (TPSA) is 32.3 Å². The highest BCUT2D eigenvalue weighted by Gasteiger charge is 2.25. The second-order valence-corrected chi connectivity index (χ2v) is 6.02. The predicted molar refractivity (Wildman–Crippen MR) is 89.8 cm³/mol. The molecule has 0 aliphatic carbocycles. The molecule has 1 heterocycles. The molecule has 3 heteroatoms. The minimum Gasteiger partial charge on any atom is -0.325 e. The van der Waals surface area contributed by atoms with Gasteiger partial charge in [-0.25, -0.2) is 0 Å². The van der Waals surface area contributed by atoms with Crippen LogP contribution in [0.3, 0.4) is 0 Å². The van der Waals surface area contributed by atoms with Crippen molar-refractivity contribution in [1.82, 2.24) is 4.90 Å². The number of aryl methyl sites for hydroxylation is 1. The molecule has 3 nitrogen and oxygen atoms in total. The maximum atomic E-state index is 12.5. The van der Waals surface area contributed by atoms with Gasteiger partial charge in [0, 0.05) is 18.8 Å². The number of fused-ring (bicyclic) bond motifs is 1. The molecule has 1 atom stereocenters. The summed E-state index contributed by atoms with van der Waals surface area (Å²) in [6, 6.07) is 16.3. The molecule has 2 aromatic carbocycles. The first-order chi connectivity index (χ1) is 10.6. The molecule has 0 radical (unpaired) electrons. The van der Waals surface area contributed by atoms with Crippen LogP contribution in [0, 0.1) is 6.92 Å². The Morgan fingerprint density at radius 2 is 1.91 bits per heavy atom. The number of nitrogens with zero attached hydrogens (tertiary/aromatic N) is 1. The molecule has 1 amide bonds. The van der Waals surface area contributed by atoms with Gasteiger partial charge in [0.2, 0.25) is 5.91 Å². The molecule has 1 aliphatic heterocycles. The highest BCUT2D eigenvalue weighted by atomic mass is 16.2. The van der Waals surface area contributed by atoms with Crippen molar-refractivity contribution >= 4 is 11.6 Å². The van der Waals surface area contributed by atoms with Crippen molar-refractivity contribution in [2.75, 3.05) is 11.9 Å². The first kappa shape index (κ1) is 14.8. The summed E-state index contributed by atoms with van der Waals surface area (Å²) in [6.07, 6.45) is 1.01. The van der Waals surface area contributed by atoms with Crippen LogP contribution in [0.15, 0.2) is 48.5 Å². The van der Waals surface area contributed by atoms with Gasteiger partial charge in [-0.2, -0.15) is 0 Å². The van der Waals surface area contributed by atoms with E-state index in [2.05, 4.69) is 34.5 Å². The van der Waals surface area contributed by atoms with E-state index < -0.39 is 0 Å². The van der Waals surface area contributed by atoms with Gasteiger partial charge in [0.15, 0.2) is 0 Å². The van der Waals surface area contributed by atoms with E-state index in [0.29, 0.717) is 0 Å². The summed E-state index contributed by atoms with van der Waals surface area (Å²) in [5.41, 5.74) is 4.76. The van der Waals surface area contributed by atoms with E-state index in [4.69, 9.17) is 0 Å². The normalized spacial score (nSPS) is 15.9. The second kappa shape index (κ2) is 6.32. The van der Waals surface area contributed by atoms with Crippen LogP contribution in [0.25, 0.3) is 0 Å². The number of carbonyl (C=O) groups excluding carboxylic acids is 1. The molecular formula is C19H22N2O. The minimum absolute atomic E-state index is 0.0602. The fraction of sp³-hybridized carbons (Fsp3) is 0.316. The lowest BCUT2D eigenvalue weighted by molar-refractivity contribution is -0.121. The summed E-state index contributed by atoms with van der Waals surface area (Å²) in [7, 11) is 0. The fourth-order valence-electron chi connectivity index (χ4n) is 2.98. The predicted octanol–water partition coefficient (Wildman–Crippen LogP) is 3.38. The zero-order valence-electron chi connectivity index (χ0n) is 13.2. The molecule has 114 valence electrons. The Morgan fingerprint density at radius 3 is 2.68 bits per heavy atom. The Balaban J connectivity index is 1.67. The molecule has 0 aromatic heterocycles. The molecule has 0 fully saturated rings. The van der Waals surface area contributed by atoms with Crippen molar-refractivity contribution in [3.63, 3.8) is 0 Å². The Kier molecular flexibility index (Phi) is 4.25. The van der Waals surface area contributed by atoms with Gasteiger partial charge in [0.05, 0.1) is 6.04 Å². The average molecular weight is 294 g/mol. The van der Waals surface area contributed by atoms with E-state index in [1.54, 1.807) is 0 Å². The van der Waals surface area contributed by atoms with Crippen LogP contribution >= 0.6 is 0 Å². The Bertz CT molecular complexity index is 681. The van der Waals surface area contributed by atoms with Gasteiger partial charge in [-0.05, 0) is 49.1 Å². The van der Waals surface area contributed by atoms with Crippen molar-refractivity contribution in [2.24, 2.45) is 0 Å². The van der Waals surface area contributed by atoms with Gasteiger partial charge in [-0.3, -0.25) is 9.69 Å². The number of benzene rings is 2. The van der Waals surface area contributed by atoms with Crippen LogP contribution in [0.4, 0.5) is 5.69 Å². The molecular weight excluding hydrogens is 272 g/mol. The molecule has 1 unspecified atom stereocenters. The largest absolute Gasteiger partial charge is 0.325 e. The van der Waals surface area contributed by atoms with Crippen molar-refractivity contribution in [3.05, 3.63) is 65.2 Å². The quantitative estimate of drug-likeness (QED) is 0.941. The summed E-state index contributed by atoms with van der Waals surface area (Å²) in [6.45, 7) is 5.79. The molecule has 0 saturated carbocycles. The van der Waals surface area contributed by atoms with Crippen LogP contribution in [0.2, 0.25) is 0 Å². The van der Waals surface area contributed by atoms with Crippen LogP contribution < -0.4 is 5.32 Å². The number of rotatable bonds is 3. The zero-order chi connectivity index (χ0) is 15.5. The average Bonchev–Trinajstić information content (AvgIpc) is 2.53. The van der Waals surface area contributed by atoms with E-state index in [9.17, 15) is 4.79 Å². The van der Waals surface area contributed by atoms with Gasteiger partial charge in [-0.1, -0.05) is 36.4 Å². The summed E-state index contributed by atoms with van der Waals surface area (Å²) in [5.74, 6) is 0.0602. The van der Waals surface area contributed by atoms with Crippen LogP contribution in [-0.4, -0.2) is 23.4 Å². The number of hydrogen-bond donors (Lipinski definition) is 1. The Hall–Kier alpha value is -2.13. The SMILES string of the molecule is Cc1cccc(NC(=O)C(C)N2CCc3ccccc3C2)c1. The number of hydrogen-bond acceptors (Lipinski definition) is 2. The highest BCUT2D eigenvalue weighted by molar-refractivity contribution is 5.94. The summed E-state index contributed by atoms with van der Waals surface area (Å²) in [5, 5.41) is 3.02. The summed E-state index contributed by atoms with van der Waals surface area (Å²) < 4.78 is 0. The zero-order valence-corrected chi connectivity index (χ0v) is 13.2. The monoisotopic (exact) mass is 294 g/mol.